The van der Waals surface area contributed by atoms with Gasteiger partial charge in [0.05, 0.1) is 11.3 Å². The van der Waals surface area contributed by atoms with E-state index in [4.69, 9.17) is 11.6 Å². The number of hydrogen-bond acceptors (Lipinski definition) is 3. The summed E-state index contributed by atoms with van der Waals surface area (Å²) < 4.78 is 0. The van der Waals surface area contributed by atoms with Crippen molar-refractivity contribution in [2.45, 2.75) is 34.6 Å². The molecule has 5 heteroatoms. The third-order valence-corrected chi connectivity index (χ3v) is 6.48. The number of nitrogens with one attached hydrogen (secondary N) is 1. The van der Waals surface area contributed by atoms with Gasteiger partial charge in [0.15, 0.2) is 0 Å². The van der Waals surface area contributed by atoms with Crippen LogP contribution in [0.3, 0.4) is 0 Å². The van der Waals surface area contributed by atoms with E-state index in [2.05, 4.69) is 5.32 Å². The van der Waals surface area contributed by atoms with Gasteiger partial charge in [-0.25, -0.2) is 4.90 Å². The van der Waals surface area contributed by atoms with E-state index in [9.17, 15) is 9.59 Å². The molecular formula is C27H25ClN2O2. The molecule has 0 aliphatic carbocycles. The molecule has 1 aliphatic rings. The van der Waals surface area contributed by atoms with Crippen LogP contribution in [0.4, 0.5) is 11.4 Å². The Kier molecular flexibility index (Phi) is 5.66. The van der Waals surface area contributed by atoms with Gasteiger partial charge in [-0.15, -0.1) is 0 Å². The van der Waals surface area contributed by atoms with Crippen LogP contribution in [0, 0.1) is 34.6 Å². The van der Waals surface area contributed by atoms with Crippen molar-refractivity contribution in [2.24, 2.45) is 0 Å². The summed E-state index contributed by atoms with van der Waals surface area (Å²) in [7, 11) is 0. The molecule has 0 unspecified atom stereocenters. The summed E-state index contributed by atoms with van der Waals surface area (Å²) in [5, 5.41) is 3.74. The molecule has 0 spiro atoms. The number of nitrogens with zero attached hydrogens (tertiary/aromatic N) is 1. The average Bonchev–Trinajstić information content (AvgIpc) is 2.99. The lowest BCUT2D eigenvalue weighted by Crippen LogP contribution is -2.32. The van der Waals surface area contributed by atoms with Crippen molar-refractivity contribution in [3.8, 4) is 0 Å². The number of carbonyl (C=O) groups is 2. The van der Waals surface area contributed by atoms with Crippen LogP contribution in [0.2, 0.25) is 5.02 Å². The monoisotopic (exact) mass is 444 g/mol. The molecule has 3 aromatic rings. The van der Waals surface area contributed by atoms with Crippen LogP contribution >= 0.6 is 11.6 Å². The molecule has 2 amide bonds. The summed E-state index contributed by atoms with van der Waals surface area (Å²) in [6.07, 6.45) is 0. The number of anilines is 2. The number of hydrogen-bond donors (Lipinski definition) is 1. The molecule has 32 heavy (non-hydrogen) atoms. The first-order chi connectivity index (χ1) is 15.2. The van der Waals surface area contributed by atoms with Crippen LogP contribution in [-0.2, 0) is 9.59 Å². The van der Waals surface area contributed by atoms with Crippen LogP contribution < -0.4 is 10.2 Å². The number of imide groups is 1. The summed E-state index contributed by atoms with van der Waals surface area (Å²) in [6.45, 7) is 9.94. The van der Waals surface area contributed by atoms with E-state index in [-0.39, 0.29) is 11.6 Å². The predicted molar refractivity (Wildman–Crippen MR) is 131 cm³/mol. The number of amides is 2. The minimum atomic E-state index is -0.402. The number of aryl methyl sites for hydroxylation is 5. The molecule has 162 valence electrons. The zero-order valence-electron chi connectivity index (χ0n) is 18.8. The van der Waals surface area contributed by atoms with Crippen molar-refractivity contribution >= 4 is 40.4 Å². The molecule has 0 saturated heterocycles. The highest BCUT2D eigenvalue weighted by Gasteiger charge is 2.40. The quantitative estimate of drug-likeness (QED) is 0.482. The molecule has 1 heterocycles. The van der Waals surface area contributed by atoms with E-state index >= 15 is 0 Å². The smallest absolute Gasteiger partial charge is 0.282 e. The highest BCUT2D eigenvalue weighted by atomic mass is 35.5. The molecule has 0 bridgehead atoms. The molecule has 4 nitrogen and oxygen atoms in total. The summed E-state index contributed by atoms with van der Waals surface area (Å²) >= 11 is 6.30. The molecule has 0 fully saturated rings. The minimum Gasteiger partial charge on any atom is -0.350 e. The first-order valence-corrected chi connectivity index (χ1v) is 10.9. The Morgan fingerprint density at radius 1 is 0.688 bits per heavy atom. The molecule has 0 aromatic heterocycles. The summed E-state index contributed by atoms with van der Waals surface area (Å²) in [5.74, 6) is -0.772. The summed E-state index contributed by atoms with van der Waals surface area (Å²) in [5.41, 5.74) is 7.85. The molecule has 0 radical (unpaired) electrons. The second kappa shape index (κ2) is 8.29. The van der Waals surface area contributed by atoms with Gasteiger partial charge >= 0.3 is 0 Å². The molecular weight excluding hydrogens is 420 g/mol. The zero-order valence-corrected chi connectivity index (χ0v) is 19.6. The highest BCUT2D eigenvalue weighted by Crippen LogP contribution is 2.35. The minimum absolute atomic E-state index is 0.262. The van der Waals surface area contributed by atoms with Crippen LogP contribution in [0.5, 0.6) is 0 Å². The third-order valence-electron chi connectivity index (χ3n) is 6.07. The van der Waals surface area contributed by atoms with Crippen molar-refractivity contribution in [2.75, 3.05) is 10.2 Å². The van der Waals surface area contributed by atoms with E-state index in [0.717, 1.165) is 33.5 Å². The standard InChI is InChI=1S/C27H25ClN2O2/c1-15-6-9-20(12-18(15)4)24-25(29-21-10-7-16(2)19(5)13-21)27(32)30(26(24)31)22-11-8-17(3)23(28)14-22/h6-14,29H,1-5H3. The van der Waals surface area contributed by atoms with Crippen LogP contribution in [0.25, 0.3) is 5.57 Å². The van der Waals surface area contributed by atoms with E-state index in [0.29, 0.717) is 21.8 Å². The Morgan fingerprint density at radius 3 is 1.94 bits per heavy atom. The maximum atomic E-state index is 13.6. The molecule has 1 N–H and O–H groups in total. The fourth-order valence-corrected chi connectivity index (χ4v) is 3.90. The second-order valence-corrected chi connectivity index (χ2v) is 8.76. The number of benzene rings is 3. The first kappa shape index (κ1) is 21.8. The van der Waals surface area contributed by atoms with Crippen LogP contribution in [0.15, 0.2) is 60.3 Å². The van der Waals surface area contributed by atoms with Crippen molar-refractivity contribution in [3.05, 3.63) is 98.7 Å². The molecule has 1 aliphatic heterocycles. The average molecular weight is 445 g/mol. The molecule has 0 atom stereocenters. The van der Waals surface area contributed by atoms with Gasteiger partial charge in [-0.3, -0.25) is 9.59 Å². The Bertz CT molecular complexity index is 1310. The van der Waals surface area contributed by atoms with Crippen molar-refractivity contribution in [1.82, 2.24) is 0 Å². The van der Waals surface area contributed by atoms with Gasteiger partial charge in [0.25, 0.3) is 11.8 Å². The largest absolute Gasteiger partial charge is 0.350 e. The predicted octanol–water partition coefficient (Wildman–Crippen LogP) is 6.28. The Morgan fingerprint density at radius 2 is 1.31 bits per heavy atom. The number of halogens is 1. The zero-order chi connectivity index (χ0) is 23.2. The maximum absolute atomic E-state index is 13.6. The van der Waals surface area contributed by atoms with Gasteiger partial charge in [-0.2, -0.15) is 0 Å². The molecule has 0 saturated carbocycles. The summed E-state index contributed by atoms with van der Waals surface area (Å²) in [4.78, 5) is 28.3. The Hall–Kier alpha value is -3.37. The third kappa shape index (κ3) is 3.82. The maximum Gasteiger partial charge on any atom is 0.282 e. The lowest BCUT2D eigenvalue weighted by Gasteiger charge is -2.16. The molecule has 4 rings (SSSR count). The number of rotatable bonds is 4. The fourth-order valence-electron chi connectivity index (χ4n) is 3.73. The van der Waals surface area contributed by atoms with Gasteiger partial charge < -0.3 is 5.32 Å². The van der Waals surface area contributed by atoms with Gasteiger partial charge in [0.1, 0.15) is 5.70 Å². The first-order valence-electron chi connectivity index (χ1n) is 10.5. The lowest BCUT2D eigenvalue weighted by atomic mass is 9.99. The molecule has 3 aromatic carbocycles. The lowest BCUT2D eigenvalue weighted by molar-refractivity contribution is -0.120. The fraction of sp³-hybridized carbons (Fsp3) is 0.185. The van der Waals surface area contributed by atoms with E-state index < -0.39 is 5.91 Å². The van der Waals surface area contributed by atoms with Gasteiger partial charge in [-0.1, -0.05) is 41.9 Å². The van der Waals surface area contributed by atoms with Gasteiger partial charge in [-0.05, 0) is 92.3 Å². The van der Waals surface area contributed by atoms with Gasteiger partial charge in [0.2, 0.25) is 0 Å². The van der Waals surface area contributed by atoms with Gasteiger partial charge in [0, 0.05) is 10.7 Å². The van der Waals surface area contributed by atoms with Crippen molar-refractivity contribution < 1.29 is 9.59 Å². The topological polar surface area (TPSA) is 49.4 Å². The van der Waals surface area contributed by atoms with Crippen LogP contribution in [-0.4, -0.2) is 11.8 Å². The highest BCUT2D eigenvalue weighted by molar-refractivity contribution is 6.46. The Balaban J connectivity index is 1.85. The SMILES string of the molecule is Cc1ccc(NC2=C(c3ccc(C)c(C)c3)C(=O)N(c3ccc(C)c(Cl)c3)C2=O)cc1C. The Labute approximate surface area is 193 Å². The van der Waals surface area contributed by atoms with Crippen LogP contribution in [0.1, 0.15) is 33.4 Å². The van der Waals surface area contributed by atoms with Crippen molar-refractivity contribution in [3.63, 3.8) is 0 Å². The normalized spacial score (nSPS) is 13.9. The number of carbonyl (C=O) groups excluding carboxylic acids is 2. The van der Waals surface area contributed by atoms with E-state index in [1.165, 1.54) is 4.90 Å². The second-order valence-electron chi connectivity index (χ2n) is 8.35. The van der Waals surface area contributed by atoms with E-state index in [1.807, 2.05) is 77.1 Å². The summed E-state index contributed by atoms with van der Waals surface area (Å²) in [6, 6.07) is 16.9. The van der Waals surface area contributed by atoms with E-state index in [1.54, 1.807) is 12.1 Å². The van der Waals surface area contributed by atoms with Crippen molar-refractivity contribution in [1.29, 1.82) is 0 Å².